The molecule has 1 aromatic heterocycles. The number of hydrogen-bond donors (Lipinski definition) is 2. The van der Waals surface area contributed by atoms with Crippen LogP contribution in [0.3, 0.4) is 0 Å². The number of aromatic nitrogens is 2. The number of carbonyl (C=O) groups is 1. The van der Waals surface area contributed by atoms with E-state index in [1.54, 1.807) is 6.07 Å². The number of imidazole rings is 1. The molecule has 1 saturated heterocycles. The van der Waals surface area contributed by atoms with Gasteiger partial charge >= 0.3 is 0 Å². The lowest BCUT2D eigenvalue weighted by Crippen LogP contribution is -2.32. The summed E-state index contributed by atoms with van der Waals surface area (Å²) >= 11 is 7.31. The summed E-state index contributed by atoms with van der Waals surface area (Å²) in [7, 11) is 0. The first kappa shape index (κ1) is 14.7. The van der Waals surface area contributed by atoms with Crippen LogP contribution in [0.15, 0.2) is 23.4 Å². The van der Waals surface area contributed by atoms with Gasteiger partial charge in [0, 0.05) is 18.2 Å². The summed E-state index contributed by atoms with van der Waals surface area (Å²) in [6.45, 7) is 1.39. The molecule has 1 aromatic carbocycles. The van der Waals surface area contributed by atoms with Crippen LogP contribution in [0, 0.1) is 0 Å². The number of rotatable bonds is 5. The van der Waals surface area contributed by atoms with Gasteiger partial charge in [-0.25, -0.2) is 4.98 Å². The molecule has 3 rings (SSSR count). The van der Waals surface area contributed by atoms with Crippen molar-refractivity contribution in [1.29, 1.82) is 0 Å². The van der Waals surface area contributed by atoms with Gasteiger partial charge in [-0.1, -0.05) is 23.4 Å². The highest BCUT2D eigenvalue weighted by molar-refractivity contribution is 7.99. The smallest absolute Gasteiger partial charge is 0.230 e. The quantitative estimate of drug-likeness (QED) is 0.829. The van der Waals surface area contributed by atoms with Crippen LogP contribution >= 0.6 is 23.4 Å². The van der Waals surface area contributed by atoms with Crippen LogP contribution < -0.4 is 5.32 Å². The minimum absolute atomic E-state index is 0.00557. The minimum atomic E-state index is -0.00557. The summed E-state index contributed by atoms with van der Waals surface area (Å²) in [6, 6.07) is 5.48. The van der Waals surface area contributed by atoms with Crippen LogP contribution in [0.5, 0.6) is 0 Å². The third kappa shape index (κ3) is 3.90. The fourth-order valence-electron chi connectivity index (χ4n) is 2.24. The van der Waals surface area contributed by atoms with Crippen LogP contribution in [0.1, 0.15) is 12.8 Å². The number of thioether (sulfide) groups is 1. The van der Waals surface area contributed by atoms with Crippen molar-refractivity contribution in [1.82, 2.24) is 15.3 Å². The van der Waals surface area contributed by atoms with Gasteiger partial charge in [0.2, 0.25) is 5.91 Å². The van der Waals surface area contributed by atoms with E-state index in [1.807, 2.05) is 12.1 Å². The first-order valence-electron chi connectivity index (χ1n) is 6.87. The van der Waals surface area contributed by atoms with Gasteiger partial charge in [0.15, 0.2) is 5.16 Å². The Balaban J connectivity index is 1.49. The molecule has 1 atom stereocenters. The van der Waals surface area contributed by atoms with Gasteiger partial charge in [-0.3, -0.25) is 4.79 Å². The molecule has 0 radical (unpaired) electrons. The molecule has 2 heterocycles. The van der Waals surface area contributed by atoms with Gasteiger partial charge in [0.05, 0.1) is 22.9 Å². The number of hydrogen-bond acceptors (Lipinski definition) is 4. The van der Waals surface area contributed by atoms with E-state index in [4.69, 9.17) is 16.3 Å². The van der Waals surface area contributed by atoms with Crippen LogP contribution in [0.2, 0.25) is 5.02 Å². The van der Waals surface area contributed by atoms with E-state index < -0.39 is 0 Å². The molecule has 2 N–H and O–H groups in total. The molecule has 0 bridgehead atoms. The first-order chi connectivity index (χ1) is 10.2. The van der Waals surface area contributed by atoms with E-state index in [-0.39, 0.29) is 12.0 Å². The average Bonchev–Trinajstić information content (AvgIpc) is 3.11. The minimum Gasteiger partial charge on any atom is -0.376 e. The maximum Gasteiger partial charge on any atom is 0.230 e. The Hall–Kier alpha value is -1.24. The highest BCUT2D eigenvalue weighted by Crippen LogP contribution is 2.22. The number of amides is 1. The Morgan fingerprint density at radius 1 is 1.57 bits per heavy atom. The number of ether oxygens (including phenoxy) is 1. The second kappa shape index (κ2) is 6.68. The van der Waals surface area contributed by atoms with Gasteiger partial charge in [-0.15, -0.1) is 0 Å². The molecule has 1 unspecified atom stereocenters. The van der Waals surface area contributed by atoms with Crippen LogP contribution in [0.4, 0.5) is 0 Å². The highest BCUT2D eigenvalue weighted by Gasteiger charge is 2.16. The van der Waals surface area contributed by atoms with Crippen molar-refractivity contribution in [3.63, 3.8) is 0 Å². The number of H-pyrrole nitrogens is 1. The van der Waals surface area contributed by atoms with E-state index in [0.29, 0.717) is 17.3 Å². The molecule has 0 aliphatic carbocycles. The standard InChI is InChI=1S/C14H16ClN3O2S/c15-9-3-4-11-12(6-9)18-14(17-11)21-8-13(19)16-7-10-2-1-5-20-10/h3-4,6,10H,1-2,5,7-8H2,(H,16,19)(H,17,18). The molecule has 5 nitrogen and oxygen atoms in total. The Morgan fingerprint density at radius 2 is 2.48 bits per heavy atom. The number of aromatic amines is 1. The number of halogens is 1. The Morgan fingerprint density at radius 3 is 3.29 bits per heavy atom. The average molecular weight is 326 g/mol. The molecule has 7 heteroatoms. The van der Waals surface area contributed by atoms with Crippen molar-refractivity contribution in [2.75, 3.05) is 18.9 Å². The second-order valence-electron chi connectivity index (χ2n) is 4.93. The molecule has 0 saturated carbocycles. The summed E-state index contributed by atoms with van der Waals surface area (Å²) in [5.41, 5.74) is 1.73. The monoisotopic (exact) mass is 325 g/mol. The molecule has 112 valence electrons. The third-order valence-electron chi connectivity index (χ3n) is 3.31. The van der Waals surface area contributed by atoms with Crippen molar-refractivity contribution in [3.05, 3.63) is 23.2 Å². The molecule has 1 aliphatic rings. The van der Waals surface area contributed by atoms with Crippen molar-refractivity contribution in [3.8, 4) is 0 Å². The van der Waals surface area contributed by atoms with E-state index in [0.717, 1.165) is 35.6 Å². The molecule has 1 aliphatic heterocycles. The Labute approximate surface area is 131 Å². The first-order valence-corrected chi connectivity index (χ1v) is 8.23. The fraction of sp³-hybridized carbons (Fsp3) is 0.429. The zero-order valence-corrected chi connectivity index (χ0v) is 13.0. The molecular weight excluding hydrogens is 310 g/mol. The van der Waals surface area contributed by atoms with Gasteiger partial charge in [-0.05, 0) is 31.0 Å². The zero-order chi connectivity index (χ0) is 14.7. The molecule has 21 heavy (non-hydrogen) atoms. The van der Waals surface area contributed by atoms with E-state index in [9.17, 15) is 4.79 Å². The largest absolute Gasteiger partial charge is 0.376 e. The normalized spacial score (nSPS) is 18.2. The lowest BCUT2D eigenvalue weighted by Gasteiger charge is -2.10. The maximum absolute atomic E-state index is 11.8. The van der Waals surface area contributed by atoms with Crippen molar-refractivity contribution >= 4 is 40.3 Å². The Bertz CT molecular complexity index is 640. The molecule has 2 aromatic rings. The predicted molar refractivity (Wildman–Crippen MR) is 83.8 cm³/mol. The zero-order valence-electron chi connectivity index (χ0n) is 11.4. The molecule has 1 amide bonds. The van der Waals surface area contributed by atoms with Crippen molar-refractivity contribution in [2.45, 2.75) is 24.1 Å². The SMILES string of the molecule is O=C(CSc1nc2ccc(Cl)cc2[nH]1)NCC1CCCO1. The number of nitrogens with one attached hydrogen (secondary N) is 2. The topological polar surface area (TPSA) is 67.0 Å². The predicted octanol–water partition coefficient (Wildman–Crippen LogP) is 2.60. The number of fused-ring (bicyclic) bond motifs is 1. The number of nitrogens with zero attached hydrogens (tertiary/aromatic N) is 1. The molecule has 0 spiro atoms. The van der Waals surface area contributed by atoms with Crippen molar-refractivity contribution < 1.29 is 9.53 Å². The summed E-state index contributed by atoms with van der Waals surface area (Å²) in [6.07, 6.45) is 2.28. The second-order valence-corrected chi connectivity index (χ2v) is 6.33. The molecule has 1 fully saturated rings. The Kier molecular flexibility index (Phi) is 4.67. The van der Waals surface area contributed by atoms with Gasteiger partial charge < -0.3 is 15.0 Å². The summed E-state index contributed by atoms with van der Waals surface area (Å²) in [5.74, 6) is 0.328. The van der Waals surface area contributed by atoms with Crippen molar-refractivity contribution in [2.24, 2.45) is 0 Å². The maximum atomic E-state index is 11.8. The highest BCUT2D eigenvalue weighted by atomic mass is 35.5. The third-order valence-corrected chi connectivity index (χ3v) is 4.42. The molecular formula is C14H16ClN3O2S. The van der Waals surface area contributed by atoms with Crippen LogP contribution in [-0.2, 0) is 9.53 Å². The van der Waals surface area contributed by atoms with Gasteiger partial charge in [0.1, 0.15) is 0 Å². The lowest BCUT2D eigenvalue weighted by molar-refractivity contribution is -0.119. The van der Waals surface area contributed by atoms with E-state index in [1.165, 1.54) is 11.8 Å². The van der Waals surface area contributed by atoms with Crippen LogP contribution in [0.25, 0.3) is 11.0 Å². The van der Waals surface area contributed by atoms with Gasteiger partial charge in [0.25, 0.3) is 0 Å². The summed E-state index contributed by atoms with van der Waals surface area (Å²) in [5, 5.41) is 4.28. The summed E-state index contributed by atoms with van der Waals surface area (Å²) in [4.78, 5) is 19.4. The van der Waals surface area contributed by atoms with E-state index in [2.05, 4.69) is 15.3 Å². The van der Waals surface area contributed by atoms with Crippen LogP contribution in [-0.4, -0.2) is 40.9 Å². The lowest BCUT2D eigenvalue weighted by atomic mass is 10.2. The fourth-order valence-corrected chi connectivity index (χ4v) is 3.13. The van der Waals surface area contributed by atoms with Gasteiger partial charge in [-0.2, -0.15) is 0 Å². The number of benzene rings is 1. The summed E-state index contributed by atoms with van der Waals surface area (Å²) < 4.78 is 5.46. The van der Waals surface area contributed by atoms with E-state index >= 15 is 0 Å². The number of carbonyl (C=O) groups excluding carboxylic acids is 1.